The van der Waals surface area contributed by atoms with Gasteiger partial charge in [-0.25, -0.2) is 4.68 Å². The van der Waals surface area contributed by atoms with Gasteiger partial charge in [0.1, 0.15) is 0 Å². The van der Waals surface area contributed by atoms with Crippen LogP contribution in [0.4, 0.5) is 5.69 Å². The van der Waals surface area contributed by atoms with Gasteiger partial charge in [0, 0.05) is 29.2 Å². The molecule has 4 rings (SSSR count). The van der Waals surface area contributed by atoms with Crippen molar-refractivity contribution < 1.29 is 9.59 Å². The Bertz CT molecular complexity index is 1390. The van der Waals surface area contributed by atoms with Gasteiger partial charge in [0.25, 0.3) is 5.91 Å². The van der Waals surface area contributed by atoms with Crippen LogP contribution in [0, 0.1) is 12.3 Å². The number of aromatic nitrogens is 3. The standard InChI is InChI=1S/C26H26ClN5O2/c1-16-12-18(10-11-28-16)32-23-7-5-6-22(20(23)15-30-32)31-24(33)19-13-17(8-9-21(19)27)14-29-25(34)26(2,3)4/h5-13,15H,14H2,1-4H3,(H,29,34)(H,31,33). The molecule has 0 aliphatic heterocycles. The van der Waals surface area contributed by atoms with E-state index in [2.05, 4.69) is 20.7 Å². The number of hydrogen-bond donors (Lipinski definition) is 2. The maximum atomic E-state index is 13.1. The number of rotatable bonds is 5. The molecule has 0 spiro atoms. The normalized spacial score (nSPS) is 11.4. The van der Waals surface area contributed by atoms with E-state index >= 15 is 0 Å². The fourth-order valence-electron chi connectivity index (χ4n) is 3.52. The first-order chi connectivity index (χ1) is 16.1. The number of anilines is 1. The maximum Gasteiger partial charge on any atom is 0.257 e. The summed E-state index contributed by atoms with van der Waals surface area (Å²) in [5, 5.41) is 11.5. The molecule has 2 aromatic carbocycles. The van der Waals surface area contributed by atoms with E-state index in [1.807, 2.05) is 62.7 Å². The molecule has 0 atom stereocenters. The molecule has 34 heavy (non-hydrogen) atoms. The van der Waals surface area contributed by atoms with E-state index in [-0.39, 0.29) is 11.8 Å². The first-order valence-electron chi connectivity index (χ1n) is 10.9. The highest BCUT2D eigenvalue weighted by atomic mass is 35.5. The number of carbonyl (C=O) groups is 2. The fourth-order valence-corrected chi connectivity index (χ4v) is 3.73. The Morgan fingerprint density at radius 2 is 1.88 bits per heavy atom. The van der Waals surface area contributed by atoms with E-state index in [1.165, 1.54) is 0 Å². The molecule has 174 valence electrons. The summed E-state index contributed by atoms with van der Waals surface area (Å²) in [5.41, 5.74) is 3.88. The van der Waals surface area contributed by atoms with Crippen molar-refractivity contribution >= 4 is 40.0 Å². The molecule has 0 aliphatic rings. The Morgan fingerprint density at radius 3 is 2.62 bits per heavy atom. The molecule has 2 heterocycles. The summed E-state index contributed by atoms with van der Waals surface area (Å²) in [4.78, 5) is 29.6. The molecule has 2 aromatic heterocycles. The van der Waals surface area contributed by atoms with Crippen LogP contribution < -0.4 is 10.6 Å². The average Bonchev–Trinajstić information content (AvgIpc) is 3.23. The van der Waals surface area contributed by atoms with Gasteiger partial charge in [-0.1, -0.05) is 44.5 Å². The van der Waals surface area contributed by atoms with Crippen LogP contribution in [0.15, 0.2) is 60.9 Å². The third-order valence-corrected chi connectivity index (χ3v) is 5.73. The molecule has 0 saturated carbocycles. The molecule has 8 heteroatoms. The van der Waals surface area contributed by atoms with Gasteiger partial charge in [-0.15, -0.1) is 0 Å². The lowest BCUT2D eigenvalue weighted by atomic mass is 9.95. The lowest BCUT2D eigenvalue weighted by Crippen LogP contribution is -2.34. The van der Waals surface area contributed by atoms with Crippen molar-refractivity contribution in [2.24, 2.45) is 5.41 Å². The maximum absolute atomic E-state index is 13.1. The highest BCUT2D eigenvalue weighted by Crippen LogP contribution is 2.27. The van der Waals surface area contributed by atoms with Crippen molar-refractivity contribution in [1.29, 1.82) is 0 Å². The van der Waals surface area contributed by atoms with Crippen LogP contribution in [-0.2, 0) is 11.3 Å². The SMILES string of the molecule is Cc1cc(-n2ncc3c(NC(=O)c4cc(CNC(=O)C(C)(C)C)ccc4Cl)cccc32)ccn1. The van der Waals surface area contributed by atoms with Crippen molar-refractivity contribution in [3.63, 3.8) is 0 Å². The third-order valence-electron chi connectivity index (χ3n) is 5.40. The molecule has 2 amide bonds. The number of pyridine rings is 1. The van der Waals surface area contributed by atoms with Crippen LogP contribution in [0.1, 0.15) is 42.4 Å². The van der Waals surface area contributed by atoms with Crippen molar-refractivity contribution in [2.75, 3.05) is 5.32 Å². The smallest absolute Gasteiger partial charge is 0.257 e. The molecule has 0 unspecified atom stereocenters. The molecular weight excluding hydrogens is 450 g/mol. The number of hydrogen-bond acceptors (Lipinski definition) is 4. The Labute approximate surface area is 203 Å². The zero-order valence-electron chi connectivity index (χ0n) is 19.5. The molecule has 0 radical (unpaired) electrons. The van der Waals surface area contributed by atoms with Gasteiger partial charge in [-0.05, 0) is 48.9 Å². The molecule has 0 bridgehead atoms. The molecule has 0 fully saturated rings. The summed E-state index contributed by atoms with van der Waals surface area (Å²) in [7, 11) is 0. The number of carbonyl (C=O) groups excluding carboxylic acids is 2. The number of amides is 2. The number of aryl methyl sites for hydroxylation is 1. The van der Waals surface area contributed by atoms with Crippen molar-refractivity contribution in [3.8, 4) is 5.69 Å². The van der Waals surface area contributed by atoms with Crippen LogP contribution in [0.25, 0.3) is 16.6 Å². The fraction of sp³-hybridized carbons (Fsp3) is 0.231. The van der Waals surface area contributed by atoms with E-state index < -0.39 is 5.41 Å². The molecule has 7 nitrogen and oxygen atoms in total. The van der Waals surface area contributed by atoms with Crippen LogP contribution >= 0.6 is 11.6 Å². The Hall–Kier alpha value is -3.71. The second-order valence-electron chi connectivity index (χ2n) is 9.15. The minimum Gasteiger partial charge on any atom is -0.352 e. The van der Waals surface area contributed by atoms with Gasteiger partial charge in [0.2, 0.25) is 5.91 Å². The number of nitrogens with zero attached hydrogens (tertiary/aromatic N) is 3. The quantitative estimate of drug-likeness (QED) is 0.410. The van der Waals surface area contributed by atoms with Gasteiger partial charge in [0.05, 0.1) is 33.7 Å². The summed E-state index contributed by atoms with van der Waals surface area (Å²) in [6, 6.07) is 14.6. The lowest BCUT2D eigenvalue weighted by Gasteiger charge is -2.18. The first kappa shape index (κ1) is 23.4. The number of nitrogens with one attached hydrogen (secondary N) is 2. The Balaban J connectivity index is 1.58. The molecule has 0 saturated heterocycles. The summed E-state index contributed by atoms with van der Waals surface area (Å²) >= 11 is 6.34. The van der Waals surface area contributed by atoms with E-state index in [0.29, 0.717) is 22.8 Å². The zero-order chi connectivity index (χ0) is 24.5. The Morgan fingerprint density at radius 1 is 1.09 bits per heavy atom. The van der Waals surface area contributed by atoms with Crippen molar-refractivity contribution in [2.45, 2.75) is 34.2 Å². The first-order valence-corrected chi connectivity index (χ1v) is 11.3. The number of halogens is 1. The summed E-state index contributed by atoms with van der Waals surface area (Å²) in [6.45, 7) is 7.78. The highest BCUT2D eigenvalue weighted by molar-refractivity contribution is 6.34. The van der Waals surface area contributed by atoms with E-state index in [0.717, 1.165) is 27.8 Å². The Kier molecular flexibility index (Phi) is 6.39. The van der Waals surface area contributed by atoms with E-state index in [1.54, 1.807) is 30.6 Å². The molecule has 4 aromatic rings. The predicted octanol–water partition coefficient (Wildman–Crippen LogP) is 5.30. The summed E-state index contributed by atoms with van der Waals surface area (Å²) in [5.74, 6) is -0.407. The summed E-state index contributed by atoms with van der Waals surface area (Å²) < 4.78 is 1.81. The minimum absolute atomic E-state index is 0.0680. The van der Waals surface area contributed by atoms with Gasteiger partial charge in [0.15, 0.2) is 0 Å². The second kappa shape index (κ2) is 9.27. The number of fused-ring (bicyclic) bond motifs is 1. The predicted molar refractivity (Wildman–Crippen MR) is 134 cm³/mol. The van der Waals surface area contributed by atoms with Crippen molar-refractivity contribution in [3.05, 3.63) is 82.8 Å². The monoisotopic (exact) mass is 475 g/mol. The van der Waals surface area contributed by atoms with Crippen LogP contribution in [0.3, 0.4) is 0 Å². The highest BCUT2D eigenvalue weighted by Gasteiger charge is 2.21. The van der Waals surface area contributed by atoms with Crippen molar-refractivity contribution in [1.82, 2.24) is 20.1 Å². The third kappa shape index (κ3) is 4.94. The van der Waals surface area contributed by atoms with E-state index in [4.69, 9.17) is 11.6 Å². The van der Waals surface area contributed by atoms with E-state index in [9.17, 15) is 9.59 Å². The van der Waals surface area contributed by atoms with Gasteiger partial charge >= 0.3 is 0 Å². The minimum atomic E-state index is -0.495. The van der Waals surface area contributed by atoms with Gasteiger partial charge < -0.3 is 10.6 Å². The van der Waals surface area contributed by atoms with Crippen LogP contribution in [0.2, 0.25) is 5.02 Å². The second-order valence-corrected chi connectivity index (χ2v) is 9.56. The largest absolute Gasteiger partial charge is 0.352 e. The average molecular weight is 476 g/mol. The van der Waals surface area contributed by atoms with Crippen LogP contribution in [0.5, 0.6) is 0 Å². The molecule has 0 aliphatic carbocycles. The van der Waals surface area contributed by atoms with Crippen LogP contribution in [-0.4, -0.2) is 26.6 Å². The van der Waals surface area contributed by atoms with Gasteiger partial charge in [-0.3, -0.25) is 14.6 Å². The summed E-state index contributed by atoms with van der Waals surface area (Å²) in [6.07, 6.45) is 3.46. The number of benzene rings is 2. The van der Waals surface area contributed by atoms with Gasteiger partial charge in [-0.2, -0.15) is 5.10 Å². The molecular formula is C26H26ClN5O2. The molecule has 2 N–H and O–H groups in total. The topological polar surface area (TPSA) is 88.9 Å². The lowest BCUT2D eigenvalue weighted by molar-refractivity contribution is -0.128. The zero-order valence-corrected chi connectivity index (χ0v) is 20.3.